The third kappa shape index (κ3) is 1.13. The maximum Gasteiger partial charge on any atom is 0.0398 e. The van der Waals surface area contributed by atoms with Crippen molar-refractivity contribution in [1.82, 2.24) is 0 Å². The number of nitrogen functional groups attached to an aromatic ring is 1. The standard InChI is InChI=1S/C11H13NS/c1-6-8(3)13-11-7(2)10(12)5-4-9(6)11/h4-5H,12H2,1-3H3. The van der Waals surface area contributed by atoms with Gasteiger partial charge in [0, 0.05) is 15.3 Å². The first-order valence-corrected chi connectivity index (χ1v) is 5.17. The number of rotatable bonds is 0. The average Bonchev–Trinajstić information content (AvgIpc) is 2.38. The quantitative estimate of drug-likeness (QED) is 0.634. The molecule has 0 unspecified atom stereocenters. The van der Waals surface area contributed by atoms with Crippen LogP contribution in [-0.2, 0) is 0 Å². The molecule has 1 nitrogen and oxygen atoms in total. The molecule has 1 aromatic carbocycles. The van der Waals surface area contributed by atoms with E-state index in [9.17, 15) is 0 Å². The topological polar surface area (TPSA) is 26.0 Å². The van der Waals surface area contributed by atoms with Gasteiger partial charge in [0.2, 0.25) is 0 Å². The van der Waals surface area contributed by atoms with Crippen molar-refractivity contribution in [3.63, 3.8) is 0 Å². The summed E-state index contributed by atoms with van der Waals surface area (Å²) in [6.07, 6.45) is 0. The molecule has 0 atom stereocenters. The minimum absolute atomic E-state index is 0.897. The molecule has 2 heteroatoms. The maximum atomic E-state index is 5.85. The molecule has 2 rings (SSSR count). The normalized spacial score (nSPS) is 11.0. The van der Waals surface area contributed by atoms with Gasteiger partial charge in [0.15, 0.2) is 0 Å². The van der Waals surface area contributed by atoms with E-state index in [1.54, 1.807) is 0 Å². The first-order chi connectivity index (χ1) is 6.11. The molecule has 0 aliphatic carbocycles. The van der Waals surface area contributed by atoms with Gasteiger partial charge in [0.1, 0.15) is 0 Å². The van der Waals surface area contributed by atoms with Crippen LogP contribution in [0, 0.1) is 20.8 Å². The third-order valence-electron chi connectivity index (χ3n) is 2.64. The van der Waals surface area contributed by atoms with Gasteiger partial charge in [-0.2, -0.15) is 0 Å². The Bertz CT molecular complexity index is 468. The van der Waals surface area contributed by atoms with Crippen molar-refractivity contribution >= 4 is 27.1 Å². The molecule has 0 aliphatic heterocycles. The van der Waals surface area contributed by atoms with Crippen LogP contribution in [0.4, 0.5) is 5.69 Å². The molecule has 13 heavy (non-hydrogen) atoms. The Morgan fingerprint density at radius 3 is 2.46 bits per heavy atom. The monoisotopic (exact) mass is 191 g/mol. The molecule has 0 amide bonds. The Morgan fingerprint density at radius 2 is 1.77 bits per heavy atom. The van der Waals surface area contributed by atoms with Crippen molar-refractivity contribution < 1.29 is 0 Å². The van der Waals surface area contributed by atoms with Gasteiger partial charge in [-0.15, -0.1) is 11.3 Å². The highest BCUT2D eigenvalue weighted by molar-refractivity contribution is 7.19. The van der Waals surface area contributed by atoms with Gasteiger partial charge in [0.25, 0.3) is 0 Å². The SMILES string of the molecule is Cc1sc2c(C)c(N)ccc2c1C. The lowest BCUT2D eigenvalue weighted by Crippen LogP contribution is -1.87. The van der Waals surface area contributed by atoms with Gasteiger partial charge in [-0.3, -0.25) is 0 Å². The Balaban J connectivity index is 2.94. The van der Waals surface area contributed by atoms with Crippen LogP contribution in [-0.4, -0.2) is 0 Å². The van der Waals surface area contributed by atoms with Gasteiger partial charge in [-0.1, -0.05) is 6.07 Å². The van der Waals surface area contributed by atoms with E-state index >= 15 is 0 Å². The summed E-state index contributed by atoms with van der Waals surface area (Å²) in [5.74, 6) is 0. The van der Waals surface area contributed by atoms with Gasteiger partial charge < -0.3 is 5.73 Å². The largest absolute Gasteiger partial charge is 0.398 e. The smallest absolute Gasteiger partial charge is 0.0398 e. The third-order valence-corrected chi connectivity index (χ3v) is 3.98. The number of hydrogen-bond donors (Lipinski definition) is 1. The summed E-state index contributed by atoms with van der Waals surface area (Å²) < 4.78 is 1.34. The van der Waals surface area contributed by atoms with E-state index < -0.39 is 0 Å². The summed E-state index contributed by atoms with van der Waals surface area (Å²) >= 11 is 1.84. The predicted octanol–water partition coefficient (Wildman–Crippen LogP) is 3.41. The van der Waals surface area contributed by atoms with Crippen LogP contribution in [0.5, 0.6) is 0 Å². The first-order valence-electron chi connectivity index (χ1n) is 4.36. The highest BCUT2D eigenvalue weighted by atomic mass is 32.1. The average molecular weight is 191 g/mol. The van der Waals surface area contributed by atoms with Crippen LogP contribution in [0.2, 0.25) is 0 Å². The second kappa shape index (κ2) is 2.74. The number of thiophene rings is 1. The van der Waals surface area contributed by atoms with E-state index in [-0.39, 0.29) is 0 Å². The number of aryl methyl sites for hydroxylation is 3. The van der Waals surface area contributed by atoms with Crippen molar-refractivity contribution in [1.29, 1.82) is 0 Å². The fourth-order valence-corrected chi connectivity index (χ4v) is 2.72. The minimum atomic E-state index is 0.897. The molecule has 0 radical (unpaired) electrons. The van der Waals surface area contributed by atoms with E-state index in [4.69, 9.17) is 5.73 Å². The van der Waals surface area contributed by atoms with E-state index in [0.29, 0.717) is 0 Å². The maximum absolute atomic E-state index is 5.85. The van der Waals surface area contributed by atoms with Crippen molar-refractivity contribution in [2.45, 2.75) is 20.8 Å². The zero-order chi connectivity index (χ0) is 9.59. The van der Waals surface area contributed by atoms with Gasteiger partial charge >= 0.3 is 0 Å². The molecule has 0 fully saturated rings. The van der Waals surface area contributed by atoms with Crippen LogP contribution >= 0.6 is 11.3 Å². The van der Waals surface area contributed by atoms with E-state index in [0.717, 1.165) is 5.69 Å². The second-order valence-electron chi connectivity index (χ2n) is 3.44. The second-order valence-corrected chi connectivity index (χ2v) is 4.66. The Morgan fingerprint density at radius 1 is 1.08 bits per heavy atom. The molecule has 1 aromatic heterocycles. The summed E-state index contributed by atoms with van der Waals surface area (Å²) in [6.45, 7) is 6.42. The summed E-state index contributed by atoms with van der Waals surface area (Å²) in [5, 5.41) is 1.36. The number of anilines is 1. The molecule has 2 N–H and O–H groups in total. The van der Waals surface area contributed by atoms with Crippen LogP contribution in [0.1, 0.15) is 16.0 Å². The van der Waals surface area contributed by atoms with Crippen molar-refractivity contribution in [3.05, 3.63) is 28.1 Å². The van der Waals surface area contributed by atoms with E-state index in [1.807, 2.05) is 17.4 Å². The molecule has 0 saturated heterocycles. The summed E-state index contributed by atoms with van der Waals surface area (Å²) in [6, 6.07) is 4.12. The van der Waals surface area contributed by atoms with Gasteiger partial charge in [0.05, 0.1) is 0 Å². The van der Waals surface area contributed by atoms with Crippen molar-refractivity contribution in [2.24, 2.45) is 0 Å². The van der Waals surface area contributed by atoms with Crippen molar-refractivity contribution in [3.8, 4) is 0 Å². The molecular formula is C11H13NS. The number of hydrogen-bond acceptors (Lipinski definition) is 2. The van der Waals surface area contributed by atoms with Gasteiger partial charge in [-0.05, 0) is 43.4 Å². The molecule has 2 aromatic rings. The molecular weight excluding hydrogens is 178 g/mol. The molecule has 0 aliphatic rings. The van der Waals surface area contributed by atoms with E-state index in [2.05, 4.69) is 26.8 Å². The van der Waals surface area contributed by atoms with Crippen LogP contribution in [0.3, 0.4) is 0 Å². The fourth-order valence-electron chi connectivity index (χ4n) is 1.55. The highest BCUT2D eigenvalue weighted by Gasteiger charge is 2.07. The molecule has 1 heterocycles. The van der Waals surface area contributed by atoms with Crippen LogP contribution < -0.4 is 5.73 Å². The Hall–Kier alpha value is -1.02. The first kappa shape index (κ1) is 8.57. The number of nitrogens with two attached hydrogens (primary N) is 1. The summed E-state index contributed by atoms with van der Waals surface area (Å²) in [7, 11) is 0. The minimum Gasteiger partial charge on any atom is -0.398 e. The Labute approximate surface area is 82.2 Å². The Kier molecular flexibility index (Phi) is 1.81. The fraction of sp³-hybridized carbons (Fsp3) is 0.273. The number of benzene rings is 1. The van der Waals surface area contributed by atoms with E-state index in [1.165, 1.54) is 26.1 Å². The zero-order valence-electron chi connectivity index (χ0n) is 8.14. The molecule has 68 valence electrons. The lowest BCUT2D eigenvalue weighted by molar-refractivity contribution is 1.47. The lowest BCUT2D eigenvalue weighted by atomic mass is 10.1. The van der Waals surface area contributed by atoms with Crippen LogP contribution in [0.25, 0.3) is 10.1 Å². The highest BCUT2D eigenvalue weighted by Crippen LogP contribution is 2.34. The summed E-state index contributed by atoms with van der Waals surface area (Å²) in [4.78, 5) is 1.39. The molecule has 0 saturated carbocycles. The zero-order valence-corrected chi connectivity index (χ0v) is 8.96. The summed E-state index contributed by atoms with van der Waals surface area (Å²) in [5.41, 5.74) is 9.36. The molecule has 0 spiro atoms. The van der Waals surface area contributed by atoms with Gasteiger partial charge in [-0.25, -0.2) is 0 Å². The predicted molar refractivity (Wildman–Crippen MR) is 60.4 cm³/mol. The van der Waals surface area contributed by atoms with Crippen molar-refractivity contribution in [2.75, 3.05) is 5.73 Å². The number of fused-ring (bicyclic) bond motifs is 1. The lowest BCUT2D eigenvalue weighted by Gasteiger charge is -2.00. The molecule has 0 bridgehead atoms. The van der Waals surface area contributed by atoms with Crippen LogP contribution in [0.15, 0.2) is 12.1 Å².